The molecule has 13 atom stereocenters. The Labute approximate surface area is 686 Å². The number of carbonyl (C=O) groups is 16. The Bertz CT molecular complexity index is 4310. The number of aromatic nitrogens is 1. The quantitative estimate of drug-likeness (QED) is 0.0178. The van der Waals surface area contributed by atoms with Gasteiger partial charge in [-0.25, -0.2) is 0 Å². The van der Waals surface area contributed by atoms with E-state index in [0.717, 1.165) is 10.9 Å². The lowest BCUT2D eigenvalue weighted by Crippen LogP contribution is -2.62. The third-order valence-electron chi connectivity index (χ3n) is 19.1. The van der Waals surface area contributed by atoms with Crippen molar-refractivity contribution >= 4 is 117 Å². The highest BCUT2D eigenvalue weighted by atomic mass is 32.2. The maximum absolute atomic E-state index is 14.9. The van der Waals surface area contributed by atoms with E-state index in [2.05, 4.69) is 74.1 Å². The SMILES string of the molecule is CSCC[C@H](NC(=O)[C@H](CC(C)C)NC(=O)CNC(=O)[C@H](Cc1ccccc1)NC(=O)[C@H](Cc1ccccc1)NC(=O)[C@@H]1CCCN1C(=O)[C@H](Cc1ccc(O)cc1)NC(=O)CNC(=O)[C@H](C)NC(=O)[C@H](CO)NC(=O)[C@H](CC(N)=O)NC(=O)[C@H](CC(C)C)NC(=O)[C@@H](NC(=O)[C@H](Cc1c[nH]c2ccccc12)NC(=O)CN)[C@@H](C)O)C(N)=O. The standard InChI is InChI=1S/C80H110N18O19S/c1-43(2)31-55(72(109)91-54(69(83)106)28-30-118-7)89-66(104)41-86-71(108)57(33-47-17-10-8-11-18-47)92-74(111)58(34-48-19-12-9-13-20-48)94-78(115)63-23-16-29-98(63)80(117)61(35-49-24-26-51(101)27-25-49)90-67(105)40-85-70(107)45(5)87-77(114)62(42-99)96-75(112)60(37-64(82)102)93-73(110)56(32-44(3)4)95-79(116)68(46(6)100)97-76(113)59(88-65(103)38-81)36-50-39-84-53-22-15-14-21-52(50)53/h8-15,17-22,24-27,39,43-46,54-63,68,84,99-101H,16,23,28-38,40-42,81H2,1-7H3,(H2,82,102)(H2,83,106)(H,85,107)(H,86,108)(H,87,114)(H,88,103)(H,89,104)(H,90,105)(H,91,109)(H,92,111)(H,93,110)(H,94,115)(H,95,116)(H,96,112)(H,97,113)/t45-,46+,54-,55-,56-,57-,58-,59-,60-,61-,62-,63-,68-/m0/s1. The van der Waals surface area contributed by atoms with Gasteiger partial charge in [-0.3, -0.25) is 76.7 Å². The molecule has 1 aliphatic rings. The van der Waals surface area contributed by atoms with Crippen LogP contribution in [0.5, 0.6) is 5.75 Å². The number of nitrogens with one attached hydrogen (secondary N) is 14. The molecule has 23 N–H and O–H groups in total. The van der Waals surface area contributed by atoms with Crippen LogP contribution in [-0.2, 0) is 102 Å². The molecule has 1 saturated heterocycles. The molecule has 38 heteroatoms. The van der Waals surface area contributed by atoms with E-state index in [1.54, 1.807) is 105 Å². The second-order valence-electron chi connectivity index (χ2n) is 29.6. The van der Waals surface area contributed by atoms with E-state index < -0.39 is 206 Å². The number of nitrogens with zero attached hydrogens (tertiary/aromatic N) is 1. The van der Waals surface area contributed by atoms with Gasteiger partial charge in [0.2, 0.25) is 94.5 Å². The molecule has 4 aromatic carbocycles. The summed E-state index contributed by atoms with van der Waals surface area (Å²) in [5.41, 5.74) is 19.6. The number of aromatic hydroxyl groups is 1. The van der Waals surface area contributed by atoms with E-state index in [0.29, 0.717) is 28.0 Å². The third-order valence-corrected chi connectivity index (χ3v) is 19.7. The number of likely N-dealkylation sites (tertiary alicyclic amines) is 1. The molecular weight excluding hydrogens is 1550 g/mol. The van der Waals surface area contributed by atoms with Gasteiger partial charge < -0.3 is 112 Å². The average molecular weight is 1660 g/mol. The minimum absolute atomic E-state index is 0.00896. The van der Waals surface area contributed by atoms with E-state index in [1.807, 2.05) is 20.1 Å². The number of carbonyl (C=O) groups excluding carboxylic acids is 16. The summed E-state index contributed by atoms with van der Waals surface area (Å²) < 4.78 is 0. The molecule has 640 valence electrons. The van der Waals surface area contributed by atoms with Crippen molar-refractivity contribution in [3.8, 4) is 5.75 Å². The van der Waals surface area contributed by atoms with Gasteiger partial charge in [-0.2, -0.15) is 11.8 Å². The van der Waals surface area contributed by atoms with Gasteiger partial charge in [-0.05, 0) is 110 Å². The van der Waals surface area contributed by atoms with Crippen molar-refractivity contribution in [3.63, 3.8) is 0 Å². The molecule has 2 heterocycles. The zero-order valence-electron chi connectivity index (χ0n) is 66.9. The van der Waals surface area contributed by atoms with Gasteiger partial charge in [0.25, 0.3) is 0 Å². The fraction of sp³-hybridized carbons (Fsp3) is 0.475. The van der Waals surface area contributed by atoms with Crippen LogP contribution in [0.4, 0.5) is 0 Å². The molecule has 37 nitrogen and oxygen atoms in total. The molecule has 0 aliphatic carbocycles. The normalized spacial score (nSPS) is 15.5. The summed E-state index contributed by atoms with van der Waals surface area (Å²) in [6.07, 6.45) is 1.10. The number of amides is 16. The van der Waals surface area contributed by atoms with Crippen molar-refractivity contribution in [1.82, 2.24) is 79.0 Å². The van der Waals surface area contributed by atoms with Crippen LogP contribution < -0.4 is 86.3 Å². The number of phenolic OH excluding ortho intramolecular Hbond substituents is 1. The summed E-state index contributed by atoms with van der Waals surface area (Å²) in [7, 11) is 0. The highest BCUT2D eigenvalue weighted by Gasteiger charge is 2.41. The van der Waals surface area contributed by atoms with Crippen LogP contribution in [0.3, 0.4) is 0 Å². The Balaban J connectivity index is 1.10. The summed E-state index contributed by atoms with van der Waals surface area (Å²) >= 11 is 1.45. The number of primary amides is 2. The molecule has 0 bridgehead atoms. The lowest BCUT2D eigenvalue weighted by Gasteiger charge is -2.30. The number of aromatic amines is 1. The molecule has 0 unspecified atom stereocenters. The molecule has 1 aromatic heterocycles. The second kappa shape index (κ2) is 47.2. The van der Waals surface area contributed by atoms with Crippen molar-refractivity contribution in [2.24, 2.45) is 29.0 Å². The van der Waals surface area contributed by atoms with E-state index in [4.69, 9.17) is 17.2 Å². The van der Waals surface area contributed by atoms with E-state index in [1.165, 1.54) is 54.8 Å². The van der Waals surface area contributed by atoms with Crippen LogP contribution in [-0.4, -0.2) is 243 Å². The maximum Gasteiger partial charge on any atom is 0.246 e. The topological polar surface area (TPSA) is 587 Å². The van der Waals surface area contributed by atoms with E-state index in [9.17, 15) is 92.0 Å². The Morgan fingerprint density at radius 1 is 0.500 bits per heavy atom. The fourth-order valence-corrected chi connectivity index (χ4v) is 13.4. The molecule has 16 amide bonds. The highest BCUT2D eigenvalue weighted by molar-refractivity contribution is 7.98. The first-order valence-electron chi connectivity index (χ1n) is 38.7. The first-order chi connectivity index (χ1) is 56.1. The number of hydrogen-bond acceptors (Lipinski definition) is 21. The number of benzene rings is 4. The highest BCUT2D eigenvalue weighted by Crippen LogP contribution is 2.23. The van der Waals surface area contributed by atoms with Crippen molar-refractivity contribution in [2.45, 2.75) is 184 Å². The van der Waals surface area contributed by atoms with Gasteiger partial charge in [0.05, 0.1) is 38.8 Å². The first kappa shape index (κ1) is 94.8. The average Bonchev–Trinajstić information content (AvgIpc) is 1.65. The number of hydrogen-bond donors (Lipinski definition) is 20. The Hall–Kier alpha value is -12.0. The van der Waals surface area contributed by atoms with Gasteiger partial charge in [0, 0.05) is 49.3 Å². The molecule has 0 spiro atoms. The fourth-order valence-electron chi connectivity index (χ4n) is 13.0. The van der Waals surface area contributed by atoms with Crippen molar-refractivity contribution < 1.29 is 92.0 Å². The van der Waals surface area contributed by atoms with Crippen LogP contribution in [0.15, 0.2) is 115 Å². The lowest BCUT2D eigenvalue weighted by molar-refractivity contribution is -0.142. The number of nitrogens with two attached hydrogens (primary N) is 3. The number of rotatable bonds is 47. The van der Waals surface area contributed by atoms with Gasteiger partial charge >= 0.3 is 0 Å². The minimum atomic E-state index is -1.88. The number of aliphatic hydroxyl groups excluding tert-OH is 2. The van der Waals surface area contributed by atoms with Crippen LogP contribution in [0.25, 0.3) is 10.9 Å². The zero-order chi connectivity index (χ0) is 86.9. The molecule has 118 heavy (non-hydrogen) atoms. The van der Waals surface area contributed by atoms with Crippen LogP contribution in [0.2, 0.25) is 0 Å². The summed E-state index contributed by atoms with van der Waals surface area (Å²) in [5.74, 6) is -14.7. The maximum atomic E-state index is 14.9. The van der Waals surface area contributed by atoms with Crippen LogP contribution in [0, 0.1) is 11.8 Å². The molecule has 5 aromatic rings. The van der Waals surface area contributed by atoms with Gasteiger partial charge in [0.1, 0.15) is 78.3 Å². The van der Waals surface area contributed by atoms with Gasteiger partial charge in [-0.1, -0.05) is 119 Å². The number of H-pyrrole nitrogens is 1. The Kier molecular flexibility index (Phi) is 38.0. The molecular formula is C80H110N18O19S. The lowest BCUT2D eigenvalue weighted by atomic mass is 10.0. The monoisotopic (exact) mass is 1660 g/mol. The van der Waals surface area contributed by atoms with Crippen molar-refractivity contribution in [2.75, 3.05) is 44.8 Å². The molecule has 1 aliphatic heterocycles. The van der Waals surface area contributed by atoms with E-state index in [-0.39, 0.29) is 81.9 Å². The largest absolute Gasteiger partial charge is 0.508 e. The molecule has 0 radical (unpaired) electrons. The molecule has 0 saturated carbocycles. The number of aliphatic hydroxyl groups is 2. The molecule has 6 rings (SSSR count). The van der Waals surface area contributed by atoms with Crippen molar-refractivity contribution in [3.05, 3.63) is 138 Å². The number of para-hydroxylation sites is 1. The second-order valence-corrected chi connectivity index (χ2v) is 30.6. The zero-order valence-corrected chi connectivity index (χ0v) is 67.7. The predicted molar refractivity (Wildman–Crippen MR) is 435 cm³/mol. The van der Waals surface area contributed by atoms with Crippen molar-refractivity contribution in [1.29, 1.82) is 0 Å². The summed E-state index contributed by atoms with van der Waals surface area (Å²) in [6.45, 7) is 6.29. The summed E-state index contributed by atoms with van der Waals surface area (Å²) in [4.78, 5) is 224. The smallest absolute Gasteiger partial charge is 0.246 e. The summed E-state index contributed by atoms with van der Waals surface area (Å²) in [5, 5.41) is 64.6. The van der Waals surface area contributed by atoms with Gasteiger partial charge in [0.15, 0.2) is 0 Å². The van der Waals surface area contributed by atoms with Crippen LogP contribution >= 0.6 is 11.8 Å². The van der Waals surface area contributed by atoms with Gasteiger partial charge in [-0.15, -0.1) is 0 Å². The Morgan fingerprint density at radius 3 is 1.53 bits per heavy atom. The molecule has 1 fully saturated rings. The number of thioether (sulfide) groups is 1. The first-order valence-corrected chi connectivity index (χ1v) is 40.1. The van der Waals surface area contributed by atoms with E-state index >= 15 is 0 Å². The predicted octanol–water partition coefficient (Wildman–Crippen LogP) is -3.74. The third kappa shape index (κ3) is 30.5. The Morgan fingerprint density at radius 2 is 0.966 bits per heavy atom. The minimum Gasteiger partial charge on any atom is -0.508 e. The number of phenols is 1. The number of fused-ring (bicyclic) bond motifs is 1. The van der Waals surface area contributed by atoms with Crippen LogP contribution in [0.1, 0.15) is 102 Å². The summed E-state index contributed by atoms with van der Waals surface area (Å²) in [6, 6.07) is 12.6.